The summed E-state index contributed by atoms with van der Waals surface area (Å²) in [4.78, 5) is 12.7. The van der Waals surface area contributed by atoms with Crippen molar-refractivity contribution in [2.75, 3.05) is 0 Å². The lowest BCUT2D eigenvalue weighted by molar-refractivity contribution is -0.124. The maximum atomic E-state index is 12.7. The summed E-state index contributed by atoms with van der Waals surface area (Å²) in [7, 11) is 0. The topological polar surface area (TPSA) is 17.1 Å². The van der Waals surface area contributed by atoms with Crippen LogP contribution in [0.25, 0.3) is 0 Å². The first kappa shape index (κ1) is 17.7. The van der Waals surface area contributed by atoms with Gasteiger partial charge in [0.1, 0.15) is 5.41 Å². The lowest BCUT2D eigenvalue weighted by Crippen LogP contribution is -2.29. The molecule has 0 radical (unpaired) electrons. The van der Waals surface area contributed by atoms with Gasteiger partial charge < -0.3 is 0 Å². The molecule has 1 unspecified atom stereocenters. The van der Waals surface area contributed by atoms with E-state index >= 15 is 0 Å². The van der Waals surface area contributed by atoms with Crippen molar-refractivity contribution in [3.8, 4) is 11.8 Å². The van der Waals surface area contributed by atoms with Crippen LogP contribution in [0, 0.1) is 17.3 Å². The largest absolute Gasteiger partial charge is 0.298 e. The molecule has 1 aromatic rings. The van der Waals surface area contributed by atoms with Gasteiger partial charge in [0.2, 0.25) is 0 Å². The van der Waals surface area contributed by atoms with Crippen LogP contribution in [0.1, 0.15) is 51.5 Å². The van der Waals surface area contributed by atoms with Crippen LogP contribution in [0.3, 0.4) is 0 Å². The zero-order valence-corrected chi connectivity index (χ0v) is 14.5. The Kier molecular flexibility index (Phi) is 7.47. The zero-order valence-electron chi connectivity index (χ0n) is 12.9. The Hall–Kier alpha value is -1.33. The van der Waals surface area contributed by atoms with Crippen LogP contribution in [0.5, 0.6) is 0 Å². The summed E-state index contributed by atoms with van der Waals surface area (Å²) in [6.45, 7) is 8.14. The van der Waals surface area contributed by atoms with Gasteiger partial charge in [0.25, 0.3) is 0 Å². The summed E-state index contributed by atoms with van der Waals surface area (Å²) in [6.07, 6.45) is 4.07. The zero-order chi connectivity index (χ0) is 15.7. The van der Waals surface area contributed by atoms with Gasteiger partial charge in [0.15, 0.2) is 5.78 Å². The number of allylic oxidation sites excluding steroid dienone is 1. The first-order valence-corrected chi connectivity index (χ1v) is 8.32. The predicted molar refractivity (Wildman–Crippen MR) is 93.3 cm³/mol. The molecule has 1 atom stereocenters. The molecule has 0 N–H and O–H groups in total. The van der Waals surface area contributed by atoms with Crippen molar-refractivity contribution >= 4 is 21.7 Å². The number of halogens is 1. The number of benzene rings is 1. The van der Waals surface area contributed by atoms with Crippen molar-refractivity contribution in [2.24, 2.45) is 5.41 Å². The third-order valence-electron chi connectivity index (χ3n) is 3.52. The second kappa shape index (κ2) is 8.85. The second-order valence-corrected chi connectivity index (χ2v) is 6.16. The molecule has 0 aliphatic heterocycles. The molecule has 0 fully saturated rings. The molecule has 0 aromatic heterocycles. The quantitative estimate of drug-likeness (QED) is 0.596. The number of ketones is 1. The lowest BCUT2D eigenvalue weighted by atomic mass is 9.78. The third kappa shape index (κ3) is 4.86. The van der Waals surface area contributed by atoms with Crippen LogP contribution in [0.15, 0.2) is 41.4 Å². The monoisotopic (exact) mass is 346 g/mol. The van der Waals surface area contributed by atoms with Crippen molar-refractivity contribution in [3.63, 3.8) is 0 Å². The molecule has 112 valence electrons. The van der Waals surface area contributed by atoms with Gasteiger partial charge in [-0.25, -0.2) is 0 Å². The Morgan fingerprint density at radius 3 is 2.43 bits per heavy atom. The first-order valence-electron chi connectivity index (χ1n) is 7.53. The molecular weight excluding hydrogens is 324 g/mol. The third-order valence-corrected chi connectivity index (χ3v) is 4.19. The van der Waals surface area contributed by atoms with E-state index in [2.05, 4.69) is 48.2 Å². The van der Waals surface area contributed by atoms with Gasteiger partial charge in [-0.1, -0.05) is 79.2 Å². The molecule has 1 nitrogen and oxygen atoms in total. The lowest BCUT2D eigenvalue weighted by Gasteiger charge is -2.26. The normalized spacial score (nSPS) is 12.9. The van der Waals surface area contributed by atoms with E-state index in [4.69, 9.17) is 0 Å². The Labute approximate surface area is 137 Å². The van der Waals surface area contributed by atoms with Gasteiger partial charge in [0, 0.05) is 16.5 Å². The molecular formula is C19H23BrO. The Bertz CT molecular complexity index is 536. The van der Waals surface area contributed by atoms with Crippen LogP contribution in [0.2, 0.25) is 0 Å². The average Bonchev–Trinajstić information content (AvgIpc) is 2.49. The minimum atomic E-state index is -0.764. The van der Waals surface area contributed by atoms with Gasteiger partial charge in [0.05, 0.1) is 0 Å². The highest BCUT2D eigenvalue weighted by Gasteiger charge is 2.36. The Morgan fingerprint density at radius 1 is 1.24 bits per heavy atom. The van der Waals surface area contributed by atoms with Crippen LogP contribution in [0.4, 0.5) is 0 Å². The molecule has 1 rings (SSSR count). The number of hydrogen-bond donors (Lipinski definition) is 0. The molecule has 0 heterocycles. The van der Waals surface area contributed by atoms with E-state index < -0.39 is 5.41 Å². The highest BCUT2D eigenvalue weighted by Crippen LogP contribution is 2.37. The number of hydrogen-bond acceptors (Lipinski definition) is 1. The number of carbonyl (C=O) groups excluding carboxylic acids is 1. The van der Waals surface area contributed by atoms with Gasteiger partial charge >= 0.3 is 0 Å². The molecule has 0 saturated heterocycles. The van der Waals surface area contributed by atoms with Crippen molar-refractivity contribution in [1.82, 2.24) is 0 Å². The number of rotatable bonds is 7. The molecule has 0 bridgehead atoms. The molecule has 0 aliphatic rings. The van der Waals surface area contributed by atoms with E-state index in [-0.39, 0.29) is 5.78 Å². The first-order chi connectivity index (χ1) is 10.1. The number of Topliss-reactive ketones (excluding diaryl/α,β-unsaturated/α-hetero) is 1. The fraction of sp³-hybridized carbons (Fsp3) is 0.421. The number of carbonyl (C=O) groups is 1. The van der Waals surface area contributed by atoms with Crippen LogP contribution in [-0.2, 0) is 4.79 Å². The predicted octanol–water partition coefficient (Wildman–Crippen LogP) is 5.49. The summed E-state index contributed by atoms with van der Waals surface area (Å²) in [5.74, 6) is 6.54. The summed E-state index contributed by atoms with van der Waals surface area (Å²) >= 11 is 3.45. The minimum Gasteiger partial charge on any atom is -0.298 e. The number of unbranched alkanes of at least 4 members (excludes halogenated alkanes) is 1. The van der Waals surface area contributed by atoms with Crippen molar-refractivity contribution in [2.45, 2.75) is 46.0 Å². The maximum absolute atomic E-state index is 12.7. The van der Waals surface area contributed by atoms with Gasteiger partial charge in [-0.15, -0.1) is 0 Å². The molecule has 0 amide bonds. The molecule has 2 heteroatoms. The van der Waals surface area contributed by atoms with Gasteiger partial charge in [-0.05, 0) is 25.0 Å². The summed E-state index contributed by atoms with van der Waals surface area (Å²) in [5.41, 5.74) is 0.162. The summed E-state index contributed by atoms with van der Waals surface area (Å²) < 4.78 is 0.682. The van der Waals surface area contributed by atoms with Crippen molar-refractivity contribution < 1.29 is 4.79 Å². The molecule has 21 heavy (non-hydrogen) atoms. The molecule has 0 spiro atoms. The molecule has 0 aliphatic carbocycles. The maximum Gasteiger partial charge on any atom is 0.155 e. The van der Waals surface area contributed by atoms with Crippen LogP contribution >= 0.6 is 15.9 Å². The van der Waals surface area contributed by atoms with E-state index in [1.807, 2.05) is 30.3 Å². The standard InChI is InChI=1S/C19H23BrO/c1-4-6-12-18(21)19(14-5-2,16(3)20)15-13-17-10-8-7-9-11-17/h7-11H,3-6,12,14H2,1-2H3. The highest BCUT2D eigenvalue weighted by atomic mass is 79.9. The van der Waals surface area contributed by atoms with E-state index in [1.54, 1.807) is 0 Å². The molecule has 1 aromatic carbocycles. The van der Waals surface area contributed by atoms with Crippen molar-refractivity contribution in [3.05, 3.63) is 47.0 Å². The SMILES string of the molecule is C=C(Br)C(C#Cc1ccccc1)(CCC)C(=O)CCCC. The Morgan fingerprint density at radius 2 is 1.90 bits per heavy atom. The molecule has 0 saturated carbocycles. The average molecular weight is 347 g/mol. The minimum absolute atomic E-state index is 0.177. The highest BCUT2D eigenvalue weighted by molar-refractivity contribution is 9.11. The van der Waals surface area contributed by atoms with E-state index in [0.717, 1.165) is 24.8 Å². The fourth-order valence-corrected chi connectivity index (χ4v) is 2.77. The Balaban J connectivity index is 3.15. The van der Waals surface area contributed by atoms with E-state index in [1.165, 1.54) is 0 Å². The van der Waals surface area contributed by atoms with E-state index in [9.17, 15) is 4.79 Å². The van der Waals surface area contributed by atoms with Gasteiger partial charge in [-0.2, -0.15) is 0 Å². The van der Waals surface area contributed by atoms with E-state index in [0.29, 0.717) is 17.3 Å². The fourth-order valence-electron chi connectivity index (χ4n) is 2.25. The van der Waals surface area contributed by atoms with Crippen LogP contribution < -0.4 is 0 Å². The summed E-state index contributed by atoms with van der Waals surface area (Å²) in [6, 6.07) is 9.77. The van der Waals surface area contributed by atoms with Gasteiger partial charge in [-0.3, -0.25) is 4.79 Å². The van der Waals surface area contributed by atoms with Crippen molar-refractivity contribution in [1.29, 1.82) is 0 Å². The van der Waals surface area contributed by atoms with Crippen LogP contribution in [-0.4, -0.2) is 5.78 Å². The summed E-state index contributed by atoms with van der Waals surface area (Å²) in [5, 5.41) is 0. The smallest absolute Gasteiger partial charge is 0.155 e. The second-order valence-electron chi connectivity index (χ2n) is 5.20.